The first kappa shape index (κ1) is 13.3. The molecule has 94 valence electrons. The summed E-state index contributed by atoms with van der Waals surface area (Å²) in [5.74, 6) is -0.358. The lowest BCUT2D eigenvalue weighted by molar-refractivity contribution is 0.571. The third kappa shape index (κ3) is 2.64. The lowest BCUT2D eigenvalue weighted by atomic mass is 9.99. The highest BCUT2D eigenvalue weighted by molar-refractivity contribution is 6.42. The molecule has 0 amide bonds. The molecule has 2 nitrogen and oxygen atoms in total. The molecule has 5 heteroatoms. The lowest BCUT2D eigenvalue weighted by Crippen LogP contribution is -2.19. The Hall–Kier alpha value is -1.16. The van der Waals surface area contributed by atoms with Crippen molar-refractivity contribution >= 4 is 23.2 Å². The van der Waals surface area contributed by atoms with Crippen molar-refractivity contribution in [3.63, 3.8) is 0 Å². The third-order valence-electron chi connectivity index (χ3n) is 2.68. The van der Waals surface area contributed by atoms with Crippen molar-refractivity contribution in [2.24, 2.45) is 0 Å². The van der Waals surface area contributed by atoms with Crippen LogP contribution in [0.1, 0.15) is 17.2 Å². The molecule has 0 saturated heterocycles. The van der Waals surface area contributed by atoms with E-state index in [0.717, 1.165) is 5.56 Å². The van der Waals surface area contributed by atoms with Gasteiger partial charge in [-0.15, -0.1) is 0 Å². The maximum absolute atomic E-state index is 13.7. The van der Waals surface area contributed by atoms with Gasteiger partial charge in [0.15, 0.2) is 0 Å². The summed E-state index contributed by atoms with van der Waals surface area (Å²) < 4.78 is 13.7. The zero-order valence-corrected chi connectivity index (χ0v) is 11.1. The van der Waals surface area contributed by atoms with Crippen molar-refractivity contribution in [2.75, 3.05) is 7.05 Å². The van der Waals surface area contributed by atoms with Crippen molar-refractivity contribution in [3.8, 4) is 0 Å². The number of pyridine rings is 1. The fourth-order valence-electron chi connectivity index (χ4n) is 1.81. The van der Waals surface area contributed by atoms with Gasteiger partial charge in [0.25, 0.3) is 0 Å². The third-order valence-corrected chi connectivity index (χ3v) is 3.42. The molecule has 0 fully saturated rings. The number of hydrogen-bond acceptors (Lipinski definition) is 2. The fraction of sp³-hybridized carbons (Fsp3) is 0.154. The molecule has 0 aliphatic carbocycles. The van der Waals surface area contributed by atoms with E-state index in [0.29, 0.717) is 15.6 Å². The van der Waals surface area contributed by atoms with Gasteiger partial charge in [0.05, 0.1) is 22.3 Å². The van der Waals surface area contributed by atoms with Crippen LogP contribution in [0.25, 0.3) is 0 Å². The van der Waals surface area contributed by atoms with E-state index in [9.17, 15) is 4.39 Å². The van der Waals surface area contributed by atoms with E-state index in [4.69, 9.17) is 23.2 Å². The highest BCUT2D eigenvalue weighted by Gasteiger charge is 2.16. The summed E-state index contributed by atoms with van der Waals surface area (Å²) in [4.78, 5) is 3.74. The number of nitrogens with zero attached hydrogens (tertiary/aromatic N) is 1. The minimum Gasteiger partial charge on any atom is -0.309 e. The largest absolute Gasteiger partial charge is 0.309 e. The van der Waals surface area contributed by atoms with Gasteiger partial charge in [0.1, 0.15) is 5.82 Å². The lowest BCUT2D eigenvalue weighted by Gasteiger charge is -2.18. The maximum Gasteiger partial charge on any atom is 0.146 e. The Morgan fingerprint density at radius 3 is 2.61 bits per heavy atom. The normalized spacial score (nSPS) is 12.4. The van der Waals surface area contributed by atoms with Gasteiger partial charge >= 0.3 is 0 Å². The molecule has 1 atom stereocenters. The predicted molar refractivity (Wildman–Crippen MR) is 71.6 cm³/mol. The standard InChI is InChI=1S/C13H11Cl2FN2/c1-17-13(9-4-5-18-7-12(9)16)8-2-3-10(14)11(15)6-8/h2-7,13,17H,1H3. The van der Waals surface area contributed by atoms with Crippen LogP contribution in [-0.4, -0.2) is 12.0 Å². The molecule has 0 bridgehead atoms. The molecule has 18 heavy (non-hydrogen) atoms. The summed E-state index contributed by atoms with van der Waals surface area (Å²) in [5, 5.41) is 3.98. The summed E-state index contributed by atoms with van der Waals surface area (Å²) in [6.45, 7) is 0. The van der Waals surface area contributed by atoms with Crippen molar-refractivity contribution in [1.82, 2.24) is 10.3 Å². The van der Waals surface area contributed by atoms with Gasteiger partial charge in [-0.25, -0.2) is 4.39 Å². The van der Waals surface area contributed by atoms with E-state index in [2.05, 4.69) is 10.3 Å². The van der Waals surface area contributed by atoms with E-state index in [1.807, 2.05) is 6.07 Å². The van der Waals surface area contributed by atoms with Crippen LogP contribution in [0.2, 0.25) is 10.0 Å². The maximum atomic E-state index is 13.7. The van der Waals surface area contributed by atoms with Crippen molar-refractivity contribution in [1.29, 1.82) is 0 Å². The molecule has 1 unspecified atom stereocenters. The molecule has 0 aliphatic rings. The number of rotatable bonds is 3. The van der Waals surface area contributed by atoms with Gasteiger partial charge in [0, 0.05) is 11.8 Å². The van der Waals surface area contributed by atoms with Gasteiger partial charge in [-0.2, -0.15) is 0 Å². The van der Waals surface area contributed by atoms with E-state index < -0.39 is 0 Å². The summed E-state index contributed by atoms with van der Waals surface area (Å²) in [6.07, 6.45) is 2.75. The average Bonchev–Trinajstić information content (AvgIpc) is 2.37. The van der Waals surface area contributed by atoms with Gasteiger partial charge < -0.3 is 5.32 Å². The molecule has 0 radical (unpaired) electrons. The molecule has 2 rings (SSSR count). The van der Waals surface area contributed by atoms with E-state index in [1.54, 1.807) is 31.4 Å². The van der Waals surface area contributed by atoms with Crippen LogP contribution in [0.5, 0.6) is 0 Å². The SMILES string of the molecule is CNC(c1ccc(Cl)c(Cl)c1)c1ccncc1F. The van der Waals surface area contributed by atoms with E-state index in [-0.39, 0.29) is 11.9 Å². The quantitative estimate of drug-likeness (QED) is 0.926. The summed E-state index contributed by atoms with van der Waals surface area (Å²) in [7, 11) is 1.76. The summed E-state index contributed by atoms with van der Waals surface area (Å²) in [5.41, 5.74) is 1.36. The Kier molecular flexibility index (Phi) is 4.17. The zero-order chi connectivity index (χ0) is 13.1. The molecular weight excluding hydrogens is 274 g/mol. The van der Waals surface area contributed by atoms with E-state index >= 15 is 0 Å². The van der Waals surface area contributed by atoms with E-state index in [1.165, 1.54) is 6.20 Å². The highest BCUT2D eigenvalue weighted by atomic mass is 35.5. The second-order valence-electron chi connectivity index (χ2n) is 3.79. The minimum absolute atomic E-state index is 0.289. The van der Waals surface area contributed by atoms with Crippen LogP contribution in [0.15, 0.2) is 36.7 Å². The molecule has 0 aliphatic heterocycles. The molecule has 0 saturated carbocycles. The first-order chi connectivity index (χ1) is 8.63. The second-order valence-corrected chi connectivity index (χ2v) is 4.61. The summed E-state index contributed by atoms with van der Waals surface area (Å²) >= 11 is 11.8. The van der Waals surface area contributed by atoms with Crippen LogP contribution in [0, 0.1) is 5.82 Å². The summed E-state index contributed by atoms with van der Waals surface area (Å²) in [6, 6.07) is 6.59. The van der Waals surface area contributed by atoms with Crippen LogP contribution in [0.4, 0.5) is 4.39 Å². The van der Waals surface area contributed by atoms with Crippen LogP contribution in [0.3, 0.4) is 0 Å². The van der Waals surface area contributed by atoms with Crippen molar-refractivity contribution in [2.45, 2.75) is 6.04 Å². The number of benzene rings is 1. The minimum atomic E-state index is -0.358. The van der Waals surface area contributed by atoms with Gasteiger partial charge in [-0.05, 0) is 30.8 Å². The predicted octanol–water partition coefficient (Wildman–Crippen LogP) is 3.84. The van der Waals surface area contributed by atoms with Gasteiger partial charge in [-0.1, -0.05) is 29.3 Å². The monoisotopic (exact) mass is 284 g/mol. The van der Waals surface area contributed by atoms with Crippen LogP contribution < -0.4 is 5.32 Å². The molecule has 1 N–H and O–H groups in total. The molecule has 1 heterocycles. The molecule has 1 aromatic heterocycles. The Morgan fingerprint density at radius 2 is 2.00 bits per heavy atom. The number of aromatic nitrogens is 1. The number of nitrogens with one attached hydrogen (secondary N) is 1. The highest BCUT2D eigenvalue weighted by Crippen LogP contribution is 2.29. The first-order valence-electron chi connectivity index (χ1n) is 5.35. The topological polar surface area (TPSA) is 24.9 Å². The number of halogens is 3. The molecule has 0 spiro atoms. The average molecular weight is 285 g/mol. The Balaban J connectivity index is 2.45. The van der Waals surface area contributed by atoms with Gasteiger partial charge in [-0.3, -0.25) is 4.98 Å². The Morgan fingerprint density at radius 1 is 1.22 bits per heavy atom. The van der Waals surface area contributed by atoms with Crippen LogP contribution in [-0.2, 0) is 0 Å². The Labute approximate surface area is 115 Å². The molecule has 1 aromatic carbocycles. The van der Waals surface area contributed by atoms with Crippen molar-refractivity contribution < 1.29 is 4.39 Å². The number of hydrogen-bond donors (Lipinski definition) is 1. The fourth-order valence-corrected chi connectivity index (χ4v) is 2.12. The molecular formula is C13H11Cl2FN2. The van der Waals surface area contributed by atoms with Gasteiger partial charge in [0.2, 0.25) is 0 Å². The first-order valence-corrected chi connectivity index (χ1v) is 6.10. The second kappa shape index (κ2) is 5.65. The van der Waals surface area contributed by atoms with Crippen LogP contribution >= 0.6 is 23.2 Å². The smallest absolute Gasteiger partial charge is 0.146 e. The molecule has 2 aromatic rings. The zero-order valence-electron chi connectivity index (χ0n) is 9.62. The van der Waals surface area contributed by atoms with Crippen molar-refractivity contribution in [3.05, 3.63) is 63.6 Å². The Bertz CT molecular complexity index is 560.